The van der Waals surface area contributed by atoms with Crippen molar-refractivity contribution in [2.24, 2.45) is 5.73 Å². The summed E-state index contributed by atoms with van der Waals surface area (Å²) in [5.74, 6) is 0. The highest BCUT2D eigenvalue weighted by molar-refractivity contribution is 7.87. The Morgan fingerprint density at radius 3 is 2.38 bits per heavy atom. The van der Waals surface area contributed by atoms with Gasteiger partial charge in [-0.25, -0.2) is 0 Å². The molecule has 0 amide bonds. The van der Waals surface area contributed by atoms with Crippen LogP contribution in [0.4, 0.5) is 0 Å². The molecule has 1 fully saturated rings. The Morgan fingerprint density at radius 2 is 1.94 bits per heavy atom. The van der Waals surface area contributed by atoms with Gasteiger partial charge in [-0.15, -0.1) is 0 Å². The molecule has 3 atom stereocenters. The van der Waals surface area contributed by atoms with Crippen molar-refractivity contribution in [3.63, 3.8) is 0 Å². The molecule has 1 saturated heterocycles. The normalized spacial score (nSPS) is 30.2. The average Bonchev–Trinajstić information content (AvgIpc) is 2.15. The zero-order valence-electron chi connectivity index (χ0n) is 10.0. The zero-order valence-corrected chi connectivity index (χ0v) is 10.8. The van der Waals surface area contributed by atoms with Crippen molar-refractivity contribution in [2.45, 2.75) is 39.0 Å². The van der Waals surface area contributed by atoms with E-state index in [0.717, 1.165) is 0 Å². The molecule has 0 radical (unpaired) electrons. The van der Waals surface area contributed by atoms with E-state index >= 15 is 0 Å². The Labute approximate surface area is 97.3 Å². The average molecular weight is 251 g/mol. The molecule has 0 spiro atoms. The zero-order chi connectivity index (χ0) is 12.3. The van der Waals surface area contributed by atoms with Crippen molar-refractivity contribution in [3.8, 4) is 0 Å². The maximum atomic E-state index is 11.9. The summed E-state index contributed by atoms with van der Waals surface area (Å²) in [6, 6.07) is -0.251. The Balaban J connectivity index is 2.67. The summed E-state index contributed by atoms with van der Waals surface area (Å²) in [5.41, 5.74) is 5.39. The van der Waals surface area contributed by atoms with E-state index in [0.29, 0.717) is 13.1 Å². The maximum absolute atomic E-state index is 11.9. The number of rotatable bonds is 4. The molecule has 0 aromatic carbocycles. The van der Waals surface area contributed by atoms with Gasteiger partial charge in [-0.1, -0.05) is 0 Å². The number of nitrogens with two attached hydrogens (primary N) is 1. The van der Waals surface area contributed by atoms with Gasteiger partial charge in [0.15, 0.2) is 0 Å². The Kier molecular flexibility index (Phi) is 4.69. The summed E-state index contributed by atoms with van der Waals surface area (Å²) in [7, 11) is -3.44. The van der Waals surface area contributed by atoms with Gasteiger partial charge in [-0.3, -0.25) is 0 Å². The van der Waals surface area contributed by atoms with E-state index < -0.39 is 10.2 Å². The van der Waals surface area contributed by atoms with E-state index in [-0.39, 0.29) is 24.8 Å². The standard InChI is InChI=1S/C9H21N3O3S/c1-7(4-10)11-16(13,14)12-5-8(2)15-9(3)6-12/h7-9,11H,4-6,10H2,1-3H3. The quantitative estimate of drug-likeness (QED) is 0.690. The van der Waals surface area contributed by atoms with E-state index in [2.05, 4.69) is 4.72 Å². The van der Waals surface area contributed by atoms with Crippen LogP contribution in [0.5, 0.6) is 0 Å². The van der Waals surface area contributed by atoms with Crippen molar-refractivity contribution < 1.29 is 13.2 Å². The third-order valence-corrected chi connectivity index (χ3v) is 4.11. The molecule has 1 heterocycles. The van der Waals surface area contributed by atoms with E-state index in [9.17, 15) is 8.42 Å². The molecule has 96 valence electrons. The SMILES string of the molecule is CC(CN)NS(=O)(=O)N1CC(C)OC(C)C1. The lowest BCUT2D eigenvalue weighted by molar-refractivity contribution is -0.0444. The molecule has 0 bridgehead atoms. The van der Waals surface area contributed by atoms with Gasteiger partial charge >= 0.3 is 0 Å². The van der Waals surface area contributed by atoms with Crippen LogP contribution in [0.1, 0.15) is 20.8 Å². The van der Waals surface area contributed by atoms with Crippen molar-refractivity contribution in [3.05, 3.63) is 0 Å². The van der Waals surface area contributed by atoms with Crippen molar-refractivity contribution in [1.29, 1.82) is 0 Å². The molecule has 7 heteroatoms. The molecule has 3 N–H and O–H groups in total. The van der Waals surface area contributed by atoms with E-state index in [1.165, 1.54) is 4.31 Å². The monoisotopic (exact) mass is 251 g/mol. The summed E-state index contributed by atoms with van der Waals surface area (Å²) >= 11 is 0. The first kappa shape index (κ1) is 13.9. The van der Waals surface area contributed by atoms with E-state index in [1.54, 1.807) is 6.92 Å². The lowest BCUT2D eigenvalue weighted by atomic mass is 10.3. The first-order chi connectivity index (χ1) is 7.35. The smallest absolute Gasteiger partial charge is 0.279 e. The van der Waals surface area contributed by atoms with Gasteiger partial charge in [-0.2, -0.15) is 17.4 Å². The Morgan fingerprint density at radius 1 is 1.44 bits per heavy atom. The Bertz CT molecular complexity index is 310. The maximum Gasteiger partial charge on any atom is 0.279 e. The molecule has 1 aliphatic rings. The van der Waals surface area contributed by atoms with Crippen LogP contribution in [-0.2, 0) is 14.9 Å². The fourth-order valence-corrected chi connectivity index (χ4v) is 3.27. The Hall–Kier alpha value is -0.210. The van der Waals surface area contributed by atoms with Gasteiger partial charge in [0.1, 0.15) is 0 Å². The topological polar surface area (TPSA) is 84.7 Å². The summed E-state index contributed by atoms with van der Waals surface area (Å²) in [4.78, 5) is 0. The fraction of sp³-hybridized carbons (Fsp3) is 1.00. The number of nitrogens with one attached hydrogen (secondary N) is 1. The molecular formula is C9H21N3O3S. The van der Waals surface area contributed by atoms with Crippen LogP contribution >= 0.6 is 0 Å². The second kappa shape index (κ2) is 5.42. The third-order valence-electron chi connectivity index (χ3n) is 2.43. The van der Waals surface area contributed by atoms with Crippen LogP contribution in [0.2, 0.25) is 0 Å². The van der Waals surface area contributed by atoms with E-state index in [4.69, 9.17) is 10.5 Å². The molecule has 6 nitrogen and oxygen atoms in total. The second-order valence-corrected chi connectivity index (χ2v) is 6.04. The highest BCUT2D eigenvalue weighted by Crippen LogP contribution is 2.13. The van der Waals surface area contributed by atoms with Crippen LogP contribution in [-0.4, -0.2) is 50.6 Å². The third kappa shape index (κ3) is 3.67. The van der Waals surface area contributed by atoms with E-state index in [1.807, 2.05) is 13.8 Å². The lowest BCUT2D eigenvalue weighted by Gasteiger charge is -2.34. The summed E-state index contributed by atoms with van der Waals surface area (Å²) in [6.07, 6.45) is -0.151. The number of hydrogen-bond donors (Lipinski definition) is 2. The predicted octanol–water partition coefficient (Wildman–Crippen LogP) is -0.723. The summed E-state index contributed by atoms with van der Waals surface area (Å²) in [6.45, 7) is 6.53. The highest BCUT2D eigenvalue weighted by atomic mass is 32.2. The van der Waals surface area contributed by atoms with Crippen molar-refractivity contribution in [1.82, 2.24) is 9.03 Å². The molecule has 0 saturated carbocycles. The minimum absolute atomic E-state index is 0.0755. The number of nitrogens with zero attached hydrogens (tertiary/aromatic N) is 1. The van der Waals surface area contributed by atoms with Crippen LogP contribution in [0.15, 0.2) is 0 Å². The van der Waals surface area contributed by atoms with Crippen molar-refractivity contribution >= 4 is 10.2 Å². The summed E-state index contributed by atoms with van der Waals surface area (Å²) < 4.78 is 33.3. The largest absolute Gasteiger partial charge is 0.373 e. The van der Waals surface area contributed by atoms with Crippen LogP contribution in [0.3, 0.4) is 0 Å². The van der Waals surface area contributed by atoms with Gasteiger partial charge in [-0.05, 0) is 20.8 Å². The molecule has 0 aliphatic carbocycles. The highest BCUT2D eigenvalue weighted by Gasteiger charge is 2.31. The fourth-order valence-electron chi connectivity index (χ4n) is 1.70. The molecule has 1 aliphatic heterocycles. The van der Waals surface area contributed by atoms with Gasteiger partial charge < -0.3 is 10.5 Å². The first-order valence-corrected chi connectivity index (χ1v) is 6.92. The van der Waals surface area contributed by atoms with Crippen LogP contribution in [0, 0.1) is 0 Å². The predicted molar refractivity (Wildman–Crippen MR) is 62.2 cm³/mol. The van der Waals surface area contributed by atoms with Gasteiger partial charge in [0.2, 0.25) is 0 Å². The summed E-state index contributed by atoms with van der Waals surface area (Å²) in [5, 5.41) is 0. The molecule has 16 heavy (non-hydrogen) atoms. The number of ether oxygens (including phenoxy) is 1. The van der Waals surface area contributed by atoms with Crippen LogP contribution in [0.25, 0.3) is 0 Å². The minimum atomic E-state index is -3.44. The van der Waals surface area contributed by atoms with Gasteiger partial charge in [0.25, 0.3) is 10.2 Å². The molecule has 0 aromatic rings. The second-order valence-electron chi connectivity index (χ2n) is 4.33. The van der Waals surface area contributed by atoms with Crippen molar-refractivity contribution in [2.75, 3.05) is 19.6 Å². The number of morpholine rings is 1. The minimum Gasteiger partial charge on any atom is -0.373 e. The van der Waals surface area contributed by atoms with Crippen LogP contribution < -0.4 is 10.5 Å². The molecular weight excluding hydrogens is 230 g/mol. The van der Waals surface area contributed by atoms with Gasteiger partial charge in [0.05, 0.1) is 12.2 Å². The molecule has 0 aromatic heterocycles. The number of hydrogen-bond acceptors (Lipinski definition) is 4. The first-order valence-electron chi connectivity index (χ1n) is 5.48. The molecule has 1 rings (SSSR count). The van der Waals surface area contributed by atoms with Gasteiger partial charge in [0, 0.05) is 25.7 Å². The lowest BCUT2D eigenvalue weighted by Crippen LogP contribution is -2.54. The molecule has 3 unspecified atom stereocenters.